The molecule has 0 aliphatic carbocycles. The molecule has 0 bridgehead atoms. The van der Waals surface area contributed by atoms with Crippen LogP contribution in [0.4, 0.5) is 34.1 Å². The van der Waals surface area contributed by atoms with Gasteiger partial charge in [0.15, 0.2) is 0 Å². The summed E-state index contributed by atoms with van der Waals surface area (Å²) >= 11 is 0. The van der Waals surface area contributed by atoms with Crippen molar-refractivity contribution in [1.82, 2.24) is 0 Å². The first-order chi connectivity index (χ1) is 28.7. The molecule has 2 heterocycles. The topological polar surface area (TPSA) is 6.48 Å². The summed E-state index contributed by atoms with van der Waals surface area (Å²) < 4.78 is 0. The minimum absolute atomic E-state index is 0.0265. The van der Waals surface area contributed by atoms with Gasteiger partial charge >= 0.3 is 0 Å². The normalized spacial score (nSPS) is 12.5. The molecule has 0 radical (unpaired) electrons. The minimum atomic E-state index is 0.0265. The van der Waals surface area contributed by atoms with Crippen molar-refractivity contribution in [2.24, 2.45) is 0 Å². The number of aryl methyl sites for hydroxylation is 1. The van der Waals surface area contributed by atoms with Crippen molar-refractivity contribution < 1.29 is 0 Å². The lowest BCUT2D eigenvalue weighted by atomic mass is 9.33. The third-order valence-corrected chi connectivity index (χ3v) is 11.9. The molecule has 2 aliphatic rings. The third kappa shape index (κ3) is 5.43. The van der Waals surface area contributed by atoms with E-state index in [2.05, 4.69) is 235 Å². The highest BCUT2D eigenvalue weighted by atomic mass is 15.2. The van der Waals surface area contributed by atoms with Gasteiger partial charge in [-0.3, -0.25) is 0 Å². The van der Waals surface area contributed by atoms with E-state index in [0.29, 0.717) is 0 Å². The zero-order valence-corrected chi connectivity index (χ0v) is 32.3. The Morgan fingerprint density at radius 2 is 0.621 bits per heavy atom. The average Bonchev–Trinajstić information content (AvgIpc) is 3.29. The lowest BCUT2D eigenvalue weighted by Crippen LogP contribution is -2.61. The van der Waals surface area contributed by atoms with Crippen molar-refractivity contribution in [2.45, 2.75) is 6.92 Å². The van der Waals surface area contributed by atoms with Gasteiger partial charge in [0, 0.05) is 45.0 Å². The lowest BCUT2D eigenvalue weighted by molar-refractivity contribution is 1.24. The molecule has 3 heteroatoms. The van der Waals surface area contributed by atoms with Gasteiger partial charge in [0.1, 0.15) is 0 Å². The molecular weight excluding hydrogens is 699 g/mol. The molecule has 2 nitrogen and oxygen atoms in total. The molecule has 0 amide bonds. The second kappa shape index (κ2) is 14.0. The summed E-state index contributed by atoms with van der Waals surface area (Å²) in [5.74, 6) is 0. The van der Waals surface area contributed by atoms with Crippen LogP contribution in [0.25, 0.3) is 44.5 Å². The molecule has 272 valence electrons. The van der Waals surface area contributed by atoms with E-state index in [4.69, 9.17) is 0 Å². The van der Waals surface area contributed by atoms with E-state index < -0.39 is 0 Å². The molecule has 0 unspecified atom stereocenters. The highest BCUT2D eigenvalue weighted by molar-refractivity contribution is 7.00. The van der Waals surface area contributed by atoms with Gasteiger partial charge in [-0.15, -0.1) is 0 Å². The van der Waals surface area contributed by atoms with Crippen LogP contribution < -0.4 is 26.2 Å². The Balaban J connectivity index is 1.26. The summed E-state index contributed by atoms with van der Waals surface area (Å²) in [4.78, 5) is 5.16. The molecule has 11 rings (SSSR count). The Morgan fingerprint density at radius 1 is 0.310 bits per heavy atom. The Hall–Kier alpha value is -7.36. The summed E-state index contributed by atoms with van der Waals surface area (Å²) in [6, 6.07) is 80.1. The van der Waals surface area contributed by atoms with Crippen molar-refractivity contribution in [3.63, 3.8) is 0 Å². The van der Waals surface area contributed by atoms with Gasteiger partial charge in [-0.2, -0.15) is 0 Å². The van der Waals surface area contributed by atoms with E-state index in [9.17, 15) is 0 Å². The Labute approximate surface area is 341 Å². The minimum Gasteiger partial charge on any atom is -0.310 e. The first kappa shape index (κ1) is 33.9. The first-order valence-electron chi connectivity index (χ1n) is 20.1. The molecule has 0 fully saturated rings. The maximum absolute atomic E-state index is 2.58. The summed E-state index contributed by atoms with van der Waals surface area (Å²) in [5.41, 5.74) is 21.8. The van der Waals surface area contributed by atoms with Crippen LogP contribution in [0, 0.1) is 6.92 Å². The monoisotopic (exact) mass is 738 g/mol. The zero-order valence-electron chi connectivity index (χ0n) is 32.3. The maximum Gasteiger partial charge on any atom is 0.252 e. The molecule has 2 aliphatic heterocycles. The Bertz CT molecular complexity index is 2650. The van der Waals surface area contributed by atoms with Gasteiger partial charge < -0.3 is 9.80 Å². The van der Waals surface area contributed by atoms with E-state index in [0.717, 1.165) is 0 Å². The van der Waals surface area contributed by atoms with Crippen molar-refractivity contribution >= 4 is 57.2 Å². The van der Waals surface area contributed by atoms with Gasteiger partial charge in [-0.25, -0.2) is 0 Å². The fraction of sp³-hybridized carbons (Fsp3) is 0.0182. The quantitative estimate of drug-likeness (QED) is 0.157. The van der Waals surface area contributed by atoms with Crippen molar-refractivity contribution in [3.05, 3.63) is 224 Å². The van der Waals surface area contributed by atoms with E-state index in [1.165, 1.54) is 101 Å². The predicted octanol–water partition coefficient (Wildman–Crippen LogP) is 12.7. The Kier molecular flexibility index (Phi) is 8.18. The third-order valence-electron chi connectivity index (χ3n) is 11.9. The number of hydrogen-bond acceptors (Lipinski definition) is 2. The second-order valence-electron chi connectivity index (χ2n) is 15.3. The number of anilines is 6. The van der Waals surface area contributed by atoms with Crippen LogP contribution in [0.2, 0.25) is 0 Å². The van der Waals surface area contributed by atoms with Crippen LogP contribution in [0.15, 0.2) is 218 Å². The molecule has 58 heavy (non-hydrogen) atoms. The molecule has 0 atom stereocenters. The van der Waals surface area contributed by atoms with E-state index in [1.807, 2.05) is 0 Å². The fourth-order valence-corrected chi connectivity index (χ4v) is 9.49. The smallest absolute Gasteiger partial charge is 0.252 e. The number of hydrogen-bond donors (Lipinski definition) is 0. The van der Waals surface area contributed by atoms with Gasteiger partial charge in [0.2, 0.25) is 0 Å². The SMILES string of the molecule is Cc1cc2c3c(c1)N(c1c(-c4ccccc4)cccc1-c1ccccc1)c1ccccc1B3c1ccccc1N2c1c(-c2ccccc2)cccc1-c1ccccc1. The number of rotatable bonds is 6. The fourth-order valence-electron chi connectivity index (χ4n) is 9.49. The molecule has 0 aromatic heterocycles. The highest BCUT2D eigenvalue weighted by Crippen LogP contribution is 2.52. The molecular formula is C55H39BN2. The molecule has 0 saturated heterocycles. The molecule has 0 spiro atoms. The highest BCUT2D eigenvalue weighted by Gasteiger charge is 2.44. The van der Waals surface area contributed by atoms with Gasteiger partial charge in [-0.1, -0.05) is 194 Å². The average molecular weight is 739 g/mol. The second-order valence-corrected chi connectivity index (χ2v) is 15.3. The van der Waals surface area contributed by atoms with Crippen LogP contribution in [0.1, 0.15) is 5.56 Å². The van der Waals surface area contributed by atoms with Gasteiger partial charge in [-0.05, 0) is 75.4 Å². The Morgan fingerprint density at radius 3 is 0.966 bits per heavy atom. The summed E-state index contributed by atoms with van der Waals surface area (Å²) in [7, 11) is 0. The summed E-state index contributed by atoms with van der Waals surface area (Å²) in [5, 5.41) is 0. The predicted molar refractivity (Wildman–Crippen MR) is 247 cm³/mol. The number of para-hydroxylation sites is 4. The number of fused-ring (bicyclic) bond motifs is 4. The standard InChI is InChI=1S/C55H39BN2/c1-38-36-51-53-52(37-38)58(55-45(41-24-10-4-11-25-41)30-19-31-46(55)42-26-12-5-13-27-42)50-35-17-15-33-48(50)56(53)47-32-14-16-34-49(47)57(51)54-43(39-20-6-2-7-21-39)28-18-29-44(54)40-22-8-3-9-23-40/h2-37H,1H3. The summed E-state index contributed by atoms with van der Waals surface area (Å²) in [6.45, 7) is 2.28. The van der Waals surface area contributed by atoms with E-state index in [-0.39, 0.29) is 6.71 Å². The zero-order chi connectivity index (χ0) is 38.6. The van der Waals surface area contributed by atoms with Gasteiger partial charge in [0.25, 0.3) is 6.71 Å². The number of nitrogens with zero attached hydrogens (tertiary/aromatic N) is 2. The van der Waals surface area contributed by atoms with E-state index >= 15 is 0 Å². The van der Waals surface area contributed by atoms with Gasteiger partial charge in [0.05, 0.1) is 11.4 Å². The van der Waals surface area contributed by atoms with Crippen LogP contribution in [-0.2, 0) is 0 Å². The number of benzene rings is 9. The van der Waals surface area contributed by atoms with Crippen molar-refractivity contribution in [1.29, 1.82) is 0 Å². The van der Waals surface area contributed by atoms with Crippen LogP contribution >= 0.6 is 0 Å². The molecule has 0 N–H and O–H groups in total. The van der Waals surface area contributed by atoms with Crippen LogP contribution in [0.5, 0.6) is 0 Å². The lowest BCUT2D eigenvalue weighted by Gasteiger charge is -2.45. The largest absolute Gasteiger partial charge is 0.310 e. The van der Waals surface area contributed by atoms with E-state index in [1.54, 1.807) is 0 Å². The molecule has 9 aromatic rings. The summed E-state index contributed by atoms with van der Waals surface area (Å²) in [6.07, 6.45) is 0. The first-order valence-corrected chi connectivity index (χ1v) is 20.1. The van der Waals surface area contributed by atoms with Crippen LogP contribution in [0.3, 0.4) is 0 Å². The van der Waals surface area contributed by atoms with Crippen molar-refractivity contribution in [3.8, 4) is 44.5 Å². The maximum atomic E-state index is 2.58. The molecule has 9 aromatic carbocycles. The van der Waals surface area contributed by atoms with Crippen LogP contribution in [-0.4, -0.2) is 6.71 Å². The van der Waals surface area contributed by atoms with Crippen molar-refractivity contribution in [2.75, 3.05) is 9.80 Å². The molecule has 0 saturated carbocycles.